The fourth-order valence-corrected chi connectivity index (χ4v) is 4.52. The van der Waals surface area contributed by atoms with E-state index < -0.39 is 0 Å². The zero-order chi connectivity index (χ0) is 22.8. The Hall–Kier alpha value is -3.45. The fraction of sp³-hybridized carbons (Fsp3) is 0.346. The van der Waals surface area contributed by atoms with E-state index in [0.29, 0.717) is 11.7 Å². The first-order valence-corrected chi connectivity index (χ1v) is 11.6. The number of ether oxygens (including phenoxy) is 1. The summed E-state index contributed by atoms with van der Waals surface area (Å²) in [5, 5.41) is 11.4. The highest BCUT2D eigenvalue weighted by Gasteiger charge is 2.21. The van der Waals surface area contributed by atoms with E-state index in [1.165, 1.54) is 17.5 Å². The molecule has 0 spiro atoms. The number of benzene rings is 2. The molecule has 0 saturated carbocycles. The van der Waals surface area contributed by atoms with Crippen molar-refractivity contribution in [1.82, 2.24) is 24.9 Å². The molecule has 2 N–H and O–H groups in total. The van der Waals surface area contributed by atoms with E-state index in [9.17, 15) is 0 Å². The standard InChI is InChI=1S/C26H30N6O/c1-17(2)33-24-14-21(19-9-11-27-12-10-19)18(3)13-23(24)30-25-15-22(20-7-5-4-6-8-20)31-26-28-16-29-32(25)26/h4-8,13-17,19,27,30H,9-12H2,1-3H3. The molecule has 0 unspecified atom stereocenters. The van der Waals surface area contributed by atoms with E-state index in [0.717, 1.165) is 54.4 Å². The maximum Gasteiger partial charge on any atom is 0.254 e. The van der Waals surface area contributed by atoms with Crippen molar-refractivity contribution < 1.29 is 4.74 Å². The third kappa shape index (κ3) is 4.54. The normalized spacial score (nSPS) is 14.7. The summed E-state index contributed by atoms with van der Waals surface area (Å²) in [4.78, 5) is 9.02. The lowest BCUT2D eigenvalue weighted by Crippen LogP contribution is -2.27. The van der Waals surface area contributed by atoms with E-state index in [1.807, 2.05) is 36.4 Å². The van der Waals surface area contributed by atoms with Crippen molar-refractivity contribution in [2.75, 3.05) is 18.4 Å². The Morgan fingerprint density at radius 3 is 2.64 bits per heavy atom. The average Bonchev–Trinajstić information content (AvgIpc) is 3.31. The summed E-state index contributed by atoms with van der Waals surface area (Å²) in [5.74, 6) is 2.75. The first-order valence-electron chi connectivity index (χ1n) is 11.6. The van der Waals surface area contributed by atoms with Gasteiger partial charge in [-0.3, -0.25) is 0 Å². The highest BCUT2D eigenvalue weighted by molar-refractivity contribution is 5.72. The van der Waals surface area contributed by atoms with Crippen LogP contribution in [0.25, 0.3) is 17.0 Å². The molecule has 33 heavy (non-hydrogen) atoms. The Morgan fingerprint density at radius 1 is 1.09 bits per heavy atom. The van der Waals surface area contributed by atoms with Gasteiger partial charge in [-0.1, -0.05) is 30.3 Å². The number of piperidine rings is 1. The summed E-state index contributed by atoms with van der Waals surface area (Å²) < 4.78 is 8.00. The second-order valence-corrected chi connectivity index (χ2v) is 8.89. The molecular formula is C26H30N6O. The maximum atomic E-state index is 6.27. The van der Waals surface area contributed by atoms with Gasteiger partial charge in [-0.2, -0.15) is 14.6 Å². The molecule has 1 saturated heterocycles. The van der Waals surface area contributed by atoms with Crippen LogP contribution < -0.4 is 15.4 Å². The Labute approximate surface area is 194 Å². The zero-order valence-electron chi connectivity index (χ0n) is 19.4. The summed E-state index contributed by atoms with van der Waals surface area (Å²) in [6.07, 6.45) is 3.90. The van der Waals surface area contributed by atoms with Crippen molar-refractivity contribution in [2.24, 2.45) is 0 Å². The van der Waals surface area contributed by atoms with Gasteiger partial charge in [0, 0.05) is 11.6 Å². The van der Waals surface area contributed by atoms with Gasteiger partial charge in [-0.05, 0) is 75.9 Å². The number of nitrogens with one attached hydrogen (secondary N) is 2. The van der Waals surface area contributed by atoms with Crippen LogP contribution in [0.4, 0.5) is 11.5 Å². The summed E-state index contributed by atoms with van der Waals surface area (Å²) in [7, 11) is 0. The predicted octanol–water partition coefficient (Wildman–Crippen LogP) is 5.10. The molecule has 7 nitrogen and oxygen atoms in total. The SMILES string of the molecule is Cc1cc(Nc2cc(-c3ccccc3)nc3ncnn23)c(OC(C)C)cc1C1CCNCC1. The van der Waals surface area contributed by atoms with Crippen LogP contribution in [0.15, 0.2) is 54.9 Å². The summed E-state index contributed by atoms with van der Waals surface area (Å²) in [6.45, 7) is 8.43. The van der Waals surface area contributed by atoms with Gasteiger partial charge in [-0.25, -0.2) is 4.98 Å². The topological polar surface area (TPSA) is 76.4 Å². The first kappa shape index (κ1) is 21.4. The summed E-state index contributed by atoms with van der Waals surface area (Å²) >= 11 is 0. The van der Waals surface area contributed by atoms with Gasteiger partial charge in [0.15, 0.2) is 0 Å². The highest BCUT2D eigenvalue weighted by atomic mass is 16.5. The average molecular weight is 443 g/mol. The monoisotopic (exact) mass is 442 g/mol. The maximum absolute atomic E-state index is 6.27. The zero-order valence-corrected chi connectivity index (χ0v) is 19.4. The third-order valence-electron chi connectivity index (χ3n) is 6.09. The predicted molar refractivity (Wildman–Crippen MR) is 131 cm³/mol. The van der Waals surface area contributed by atoms with Crippen LogP contribution in [0.5, 0.6) is 5.75 Å². The Kier molecular flexibility index (Phi) is 5.96. The fourth-order valence-electron chi connectivity index (χ4n) is 4.52. The lowest BCUT2D eigenvalue weighted by Gasteiger charge is -2.26. The van der Waals surface area contributed by atoms with Crippen molar-refractivity contribution in [1.29, 1.82) is 0 Å². The quantitative estimate of drug-likeness (QED) is 0.433. The minimum Gasteiger partial charge on any atom is -0.489 e. The van der Waals surface area contributed by atoms with Gasteiger partial charge >= 0.3 is 0 Å². The molecule has 0 amide bonds. The number of hydrogen-bond donors (Lipinski definition) is 2. The number of aryl methyl sites for hydroxylation is 1. The minimum absolute atomic E-state index is 0.0674. The number of fused-ring (bicyclic) bond motifs is 1. The van der Waals surface area contributed by atoms with Crippen LogP contribution in [-0.4, -0.2) is 38.8 Å². The largest absolute Gasteiger partial charge is 0.489 e. The van der Waals surface area contributed by atoms with Crippen molar-refractivity contribution >= 4 is 17.3 Å². The van der Waals surface area contributed by atoms with Gasteiger partial charge in [0.05, 0.1) is 17.5 Å². The Morgan fingerprint density at radius 2 is 1.88 bits per heavy atom. The summed E-state index contributed by atoms with van der Waals surface area (Å²) in [5.41, 5.74) is 5.44. The second kappa shape index (κ2) is 9.19. The number of aromatic nitrogens is 4. The molecule has 0 aliphatic carbocycles. The van der Waals surface area contributed by atoms with Crippen LogP contribution in [0, 0.1) is 6.92 Å². The molecule has 7 heteroatoms. The molecule has 1 aliphatic rings. The second-order valence-electron chi connectivity index (χ2n) is 8.89. The molecule has 1 aliphatic heterocycles. The van der Waals surface area contributed by atoms with Crippen LogP contribution in [0.3, 0.4) is 0 Å². The molecule has 0 radical (unpaired) electrons. The Bertz CT molecular complexity index is 1240. The molecule has 1 fully saturated rings. The van der Waals surface area contributed by atoms with Crippen LogP contribution in [-0.2, 0) is 0 Å². The molecule has 2 aromatic carbocycles. The first-order chi connectivity index (χ1) is 16.1. The van der Waals surface area contributed by atoms with Crippen molar-refractivity contribution in [2.45, 2.75) is 45.6 Å². The van der Waals surface area contributed by atoms with Gasteiger partial charge in [-0.15, -0.1) is 0 Å². The smallest absolute Gasteiger partial charge is 0.254 e. The van der Waals surface area contributed by atoms with Gasteiger partial charge in [0.25, 0.3) is 5.78 Å². The molecule has 3 heterocycles. The van der Waals surface area contributed by atoms with Crippen LogP contribution >= 0.6 is 0 Å². The molecule has 0 bridgehead atoms. The van der Waals surface area contributed by atoms with E-state index in [4.69, 9.17) is 4.74 Å². The minimum atomic E-state index is 0.0674. The molecule has 2 aromatic heterocycles. The number of rotatable bonds is 6. The van der Waals surface area contributed by atoms with Crippen molar-refractivity contribution in [3.8, 4) is 17.0 Å². The van der Waals surface area contributed by atoms with Gasteiger partial charge < -0.3 is 15.4 Å². The number of nitrogens with zero attached hydrogens (tertiary/aromatic N) is 4. The van der Waals surface area contributed by atoms with E-state index in [-0.39, 0.29) is 6.10 Å². The van der Waals surface area contributed by atoms with Crippen molar-refractivity contribution in [3.63, 3.8) is 0 Å². The van der Waals surface area contributed by atoms with Crippen LogP contribution in [0.1, 0.15) is 43.7 Å². The van der Waals surface area contributed by atoms with E-state index in [2.05, 4.69) is 58.6 Å². The Balaban J connectivity index is 1.57. The number of anilines is 2. The van der Waals surface area contributed by atoms with E-state index >= 15 is 0 Å². The van der Waals surface area contributed by atoms with Crippen molar-refractivity contribution in [3.05, 3.63) is 66.0 Å². The molecule has 5 rings (SSSR count). The molecular weight excluding hydrogens is 412 g/mol. The van der Waals surface area contributed by atoms with Gasteiger partial charge in [0.1, 0.15) is 17.9 Å². The van der Waals surface area contributed by atoms with E-state index in [1.54, 1.807) is 4.52 Å². The van der Waals surface area contributed by atoms with Crippen LogP contribution in [0.2, 0.25) is 0 Å². The highest BCUT2D eigenvalue weighted by Crippen LogP contribution is 2.37. The lowest BCUT2D eigenvalue weighted by molar-refractivity contribution is 0.243. The molecule has 4 aromatic rings. The third-order valence-corrected chi connectivity index (χ3v) is 6.09. The lowest BCUT2D eigenvalue weighted by atomic mass is 9.87. The molecule has 0 atom stereocenters. The molecule has 170 valence electrons. The number of hydrogen-bond acceptors (Lipinski definition) is 6. The summed E-state index contributed by atoms with van der Waals surface area (Å²) in [6, 6.07) is 16.5. The van der Waals surface area contributed by atoms with Gasteiger partial charge in [0.2, 0.25) is 0 Å².